The van der Waals surface area contributed by atoms with Crippen LogP contribution in [0, 0.1) is 20.2 Å². The molecule has 0 aliphatic heterocycles. The van der Waals surface area contributed by atoms with E-state index in [1.165, 1.54) is 0 Å². The number of nitrogens with zero attached hydrogens (tertiary/aromatic N) is 3. The summed E-state index contributed by atoms with van der Waals surface area (Å²) in [6.45, 7) is 0. The highest BCUT2D eigenvalue weighted by atomic mass is 79.9. The van der Waals surface area contributed by atoms with Gasteiger partial charge in [0.25, 0.3) is 17.3 Å². The molecule has 0 unspecified atom stereocenters. The number of amides is 1. The number of thiazole rings is 1. The number of halogens is 1. The molecule has 1 aromatic heterocycles. The third kappa shape index (κ3) is 4.15. The fraction of sp³-hybridized carbons (Fsp3) is 0. The topological polar surface area (TPSA) is 128 Å². The first-order chi connectivity index (χ1) is 12.8. The lowest BCUT2D eigenvalue weighted by molar-refractivity contribution is -0.394. The molecule has 0 aliphatic rings. The van der Waals surface area contributed by atoms with Crippen LogP contribution in [-0.4, -0.2) is 20.7 Å². The minimum absolute atomic E-state index is 0.255. The second-order valence-electron chi connectivity index (χ2n) is 5.21. The third-order valence-corrected chi connectivity index (χ3v) is 4.78. The first kappa shape index (κ1) is 18.6. The number of carbonyl (C=O) groups excluding carboxylic acids is 1. The Morgan fingerprint density at radius 3 is 2.41 bits per heavy atom. The Kier molecular flexibility index (Phi) is 5.23. The van der Waals surface area contributed by atoms with Crippen LogP contribution in [0.3, 0.4) is 0 Å². The van der Waals surface area contributed by atoms with Crippen molar-refractivity contribution < 1.29 is 14.6 Å². The fourth-order valence-electron chi connectivity index (χ4n) is 2.23. The normalized spacial score (nSPS) is 10.4. The van der Waals surface area contributed by atoms with Gasteiger partial charge in [-0.2, -0.15) is 0 Å². The van der Waals surface area contributed by atoms with Crippen molar-refractivity contribution in [2.45, 2.75) is 0 Å². The van der Waals surface area contributed by atoms with Gasteiger partial charge < -0.3 is 0 Å². The molecule has 1 N–H and O–H groups in total. The van der Waals surface area contributed by atoms with Gasteiger partial charge in [0.2, 0.25) is 0 Å². The van der Waals surface area contributed by atoms with Crippen molar-refractivity contribution in [2.24, 2.45) is 0 Å². The van der Waals surface area contributed by atoms with E-state index in [9.17, 15) is 25.0 Å². The summed E-state index contributed by atoms with van der Waals surface area (Å²) in [5, 5.41) is 26.4. The zero-order chi connectivity index (χ0) is 19.6. The van der Waals surface area contributed by atoms with Crippen molar-refractivity contribution in [3.8, 4) is 11.3 Å². The average molecular weight is 449 g/mol. The number of nitrogens with one attached hydrogen (secondary N) is 1. The lowest BCUT2D eigenvalue weighted by Crippen LogP contribution is -2.14. The van der Waals surface area contributed by atoms with Gasteiger partial charge in [0, 0.05) is 21.5 Å². The second-order valence-corrected chi connectivity index (χ2v) is 6.99. The maximum absolute atomic E-state index is 12.4. The summed E-state index contributed by atoms with van der Waals surface area (Å²) < 4.78 is 0.917. The van der Waals surface area contributed by atoms with E-state index in [0.29, 0.717) is 5.69 Å². The number of anilines is 1. The number of hydrogen-bond donors (Lipinski definition) is 1. The van der Waals surface area contributed by atoms with E-state index in [1.807, 2.05) is 24.3 Å². The number of rotatable bonds is 5. The van der Waals surface area contributed by atoms with Crippen molar-refractivity contribution in [2.75, 3.05) is 5.32 Å². The minimum atomic E-state index is -0.836. The van der Waals surface area contributed by atoms with Gasteiger partial charge in [-0.3, -0.25) is 30.3 Å². The SMILES string of the molecule is O=C(Nc1nc(-c2ccc(Br)cc2)cs1)c1ccc([N+](=O)[O-])cc1[N+](=O)[O-]. The third-order valence-electron chi connectivity index (χ3n) is 3.50. The van der Waals surface area contributed by atoms with Gasteiger partial charge in [0.15, 0.2) is 5.13 Å². The number of nitro groups is 2. The van der Waals surface area contributed by atoms with Crippen molar-refractivity contribution in [3.05, 3.63) is 78.1 Å². The van der Waals surface area contributed by atoms with E-state index in [1.54, 1.807) is 5.38 Å². The molecule has 0 saturated carbocycles. The lowest BCUT2D eigenvalue weighted by Gasteiger charge is -2.03. The summed E-state index contributed by atoms with van der Waals surface area (Å²) in [7, 11) is 0. The molecule has 27 heavy (non-hydrogen) atoms. The molecule has 136 valence electrons. The predicted octanol–water partition coefficient (Wildman–Crippen LogP) is 4.64. The average Bonchev–Trinajstić information content (AvgIpc) is 3.10. The van der Waals surface area contributed by atoms with E-state index in [4.69, 9.17) is 0 Å². The molecule has 0 saturated heterocycles. The molecule has 1 heterocycles. The Balaban J connectivity index is 1.85. The molecule has 3 aromatic rings. The highest BCUT2D eigenvalue weighted by molar-refractivity contribution is 9.10. The molecular formula is C16H9BrN4O5S. The largest absolute Gasteiger partial charge is 0.298 e. The smallest absolute Gasteiger partial charge is 0.289 e. The van der Waals surface area contributed by atoms with Crippen LogP contribution in [-0.2, 0) is 0 Å². The maximum Gasteiger partial charge on any atom is 0.289 e. The summed E-state index contributed by atoms with van der Waals surface area (Å²) in [6.07, 6.45) is 0. The van der Waals surface area contributed by atoms with Crippen LogP contribution < -0.4 is 5.32 Å². The summed E-state index contributed by atoms with van der Waals surface area (Å²) in [5.74, 6) is -0.770. The van der Waals surface area contributed by atoms with Crippen molar-refractivity contribution in [1.29, 1.82) is 0 Å². The van der Waals surface area contributed by atoms with Crippen LogP contribution in [0.1, 0.15) is 10.4 Å². The van der Waals surface area contributed by atoms with Gasteiger partial charge in [0.1, 0.15) is 5.56 Å². The molecule has 3 rings (SSSR count). The van der Waals surface area contributed by atoms with Gasteiger partial charge in [-0.15, -0.1) is 11.3 Å². The van der Waals surface area contributed by atoms with Crippen molar-refractivity contribution in [1.82, 2.24) is 4.98 Å². The van der Waals surface area contributed by atoms with E-state index >= 15 is 0 Å². The van der Waals surface area contributed by atoms with E-state index in [2.05, 4.69) is 26.2 Å². The lowest BCUT2D eigenvalue weighted by atomic mass is 10.1. The first-order valence-corrected chi connectivity index (χ1v) is 8.98. The van der Waals surface area contributed by atoms with Crippen LogP contribution in [0.15, 0.2) is 52.3 Å². The first-order valence-electron chi connectivity index (χ1n) is 7.31. The van der Waals surface area contributed by atoms with Gasteiger partial charge in [-0.25, -0.2) is 4.98 Å². The molecule has 0 bridgehead atoms. The highest BCUT2D eigenvalue weighted by Crippen LogP contribution is 2.28. The Morgan fingerprint density at radius 1 is 1.07 bits per heavy atom. The standard InChI is InChI=1S/C16H9BrN4O5S/c17-10-3-1-9(2-4-10)13-8-27-16(18-13)19-15(22)12-6-5-11(20(23)24)7-14(12)21(25)26/h1-8H,(H,18,19,22). The monoisotopic (exact) mass is 448 g/mol. The molecule has 0 radical (unpaired) electrons. The van der Waals surface area contributed by atoms with Crippen LogP contribution >= 0.6 is 27.3 Å². The molecule has 1 amide bonds. The second kappa shape index (κ2) is 7.60. The molecule has 9 nitrogen and oxygen atoms in total. The maximum atomic E-state index is 12.4. The van der Waals surface area contributed by atoms with Gasteiger partial charge in [-0.05, 0) is 18.2 Å². The number of aromatic nitrogens is 1. The summed E-state index contributed by atoms with van der Waals surface area (Å²) in [6, 6.07) is 10.3. The van der Waals surface area contributed by atoms with Crippen LogP contribution in [0.5, 0.6) is 0 Å². The molecule has 0 fully saturated rings. The Hall–Kier alpha value is -3.18. The van der Waals surface area contributed by atoms with E-state index in [-0.39, 0.29) is 10.7 Å². The number of hydrogen-bond acceptors (Lipinski definition) is 7. The molecule has 0 atom stereocenters. The number of nitro benzene ring substituents is 2. The zero-order valence-corrected chi connectivity index (χ0v) is 15.7. The number of benzene rings is 2. The predicted molar refractivity (Wildman–Crippen MR) is 103 cm³/mol. The van der Waals surface area contributed by atoms with Gasteiger partial charge >= 0.3 is 0 Å². The number of non-ortho nitro benzene ring substituents is 1. The molecule has 11 heteroatoms. The van der Waals surface area contributed by atoms with Crippen molar-refractivity contribution >= 4 is 49.7 Å². The summed E-state index contributed by atoms with van der Waals surface area (Å²) in [4.78, 5) is 37.0. The van der Waals surface area contributed by atoms with Crippen LogP contribution in [0.4, 0.5) is 16.5 Å². The zero-order valence-electron chi connectivity index (χ0n) is 13.3. The van der Waals surface area contributed by atoms with Gasteiger partial charge in [0.05, 0.1) is 21.6 Å². The summed E-state index contributed by atoms with van der Waals surface area (Å²) in [5.41, 5.74) is 0.0830. The Labute approximate surface area is 164 Å². The molecule has 2 aromatic carbocycles. The molecular weight excluding hydrogens is 440 g/mol. The highest BCUT2D eigenvalue weighted by Gasteiger charge is 2.24. The molecule has 0 spiro atoms. The van der Waals surface area contributed by atoms with E-state index in [0.717, 1.165) is 39.6 Å². The summed E-state index contributed by atoms with van der Waals surface area (Å²) >= 11 is 4.50. The number of carbonyl (C=O) groups is 1. The quantitative estimate of drug-likeness (QED) is 0.446. The Morgan fingerprint density at radius 2 is 1.78 bits per heavy atom. The van der Waals surface area contributed by atoms with Crippen LogP contribution in [0.2, 0.25) is 0 Å². The minimum Gasteiger partial charge on any atom is -0.298 e. The molecule has 0 aliphatic carbocycles. The van der Waals surface area contributed by atoms with Crippen LogP contribution in [0.25, 0.3) is 11.3 Å². The Bertz CT molecular complexity index is 1050. The fourth-order valence-corrected chi connectivity index (χ4v) is 3.20. The van der Waals surface area contributed by atoms with Crippen molar-refractivity contribution in [3.63, 3.8) is 0 Å². The van der Waals surface area contributed by atoms with Gasteiger partial charge in [-0.1, -0.05) is 28.1 Å². The van der Waals surface area contributed by atoms with E-state index < -0.39 is 27.1 Å².